The molecule has 0 bridgehead atoms. The van der Waals surface area contributed by atoms with E-state index in [0.717, 1.165) is 24.3 Å². The van der Waals surface area contributed by atoms with Crippen LogP contribution in [0.4, 0.5) is 5.69 Å². The lowest BCUT2D eigenvalue weighted by Crippen LogP contribution is -2.21. The van der Waals surface area contributed by atoms with Gasteiger partial charge in [-0.05, 0) is 54.5 Å². The predicted octanol–water partition coefficient (Wildman–Crippen LogP) is 5.63. The van der Waals surface area contributed by atoms with Crippen molar-refractivity contribution >= 4 is 17.5 Å². The van der Waals surface area contributed by atoms with E-state index in [2.05, 4.69) is 48.2 Å². The van der Waals surface area contributed by atoms with Crippen molar-refractivity contribution in [2.45, 2.75) is 13.5 Å². The van der Waals surface area contributed by atoms with Crippen molar-refractivity contribution in [1.29, 1.82) is 0 Å². The molecule has 3 rings (SSSR count). The minimum absolute atomic E-state index is 0.0840. The summed E-state index contributed by atoms with van der Waals surface area (Å²) < 4.78 is 10.5. The van der Waals surface area contributed by atoms with E-state index < -0.39 is 0 Å². The van der Waals surface area contributed by atoms with Crippen LogP contribution in [0.15, 0.2) is 78.9 Å². The zero-order chi connectivity index (χ0) is 21.3. The van der Waals surface area contributed by atoms with Crippen LogP contribution in [0.5, 0.6) is 11.5 Å². The molecule has 0 saturated heterocycles. The Kier molecular flexibility index (Phi) is 7.28. The van der Waals surface area contributed by atoms with Gasteiger partial charge < -0.3 is 14.4 Å². The van der Waals surface area contributed by atoms with Crippen molar-refractivity contribution in [3.63, 3.8) is 0 Å². The second kappa shape index (κ2) is 10.3. The van der Waals surface area contributed by atoms with E-state index >= 15 is 0 Å². The second-order valence-electron chi connectivity index (χ2n) is 6.86. The topological polar surface area (TPSA) is 38.8 Å². The van der Waals surface area contributed by atoms with Crippen molar-refractivity contribution in [3.05, 3.63) is 95.6 Å². The Bertz CT molecular complexity index is 995. The number of nitrogens with zero attached hydrogens (tertiary/aromatic N) is 1. The van der Waals surface area contributed by atoms with Crippen LogP contribution >= 0.6 is 0 Å². The molecule has 0 atom stereocenters. The standard InChI is InChI=1S/C26H27NO3/c1-4-27(19-21-8-6-5-7-9-21)23-14-10-20(11-15-23)12-16-24(28)22-13-17-25(29-2)26(18-22)30-3/h5-18H,4,19H2,1-3H3/b16-12+. The molecule has 0 fully saturated rings. The number of allylic oxidation sites excluding steroid dienone is 1. The summed E-state index contributed by atoms with van der Waals surface area (Å²) >= 11 is 0. The number of hydrogen-bond acceptors (Lipinski definition) is 4. The first-order valence-corrected chi connectivity index (χ1v) is 9.98. The lowest BCUT2D eigenvalue weighted by atomic mass is 10.1. The molecule has 0 aliphatic rings. The summed E-state index contributed by atoms with van der Waals surface area (Å²) in [5.74, 6) is 1.06. The van der Waals surface area contributed by atoms with Gasteiger partial charge in [0.05, 0.1) is 14.2 Å². The Morgan fingerprint density at radius 2 is 1.60 bits per heavy atom. The van der Waals surface area contributed by atoms with E-state index in [-0.39, 0.29) is 5.78 Å². The van der Waals surface area contributed by atoms with Crippen molar-refractivity contribution in [2.24, 2.45) is 0 Å². The Labute approximate surface area is 178 Å². The number of ketones is 1. The summed E-state index contributed by atoms with van der Waals surface area (Å²) in [5.41, 5.74) is 3.97. The van der Waals surface area contributed by atoms with Crippen molar-refractivity contribution in [2.75, 3.05) is 25.7 Å². The average molecular weight is 402 g/mol. The zero-order valence-electron chi connectivity index (χ0n) is 17.7. The molecule has 4 heteroatoms. The fraction of sp³-hybridized carbons (Fsp3) is 0.192. The quantitative estimate of drug-likeness (QED) is 0.344. The Hall–Kier alpha value is -3.53. The number of hydrogen-bond donors (Lipinski definition) is 0. The Balaban J connectivity index is 1.68. The number of benzene rings is 3. The number of carbonyl (C=O) groups excluding carboxylic acids is 1. The van der Waals surface area contributed by atoms with Gasteiger partial charge in [0.25, 0.3) is 0 Å². The molecule has 3 aromatic carbocycles. The molecule has 0 aliphatic carbocycles. The maximum Gasteiger partial charge on any atom is 0.185 e. The van der Waals surface area contributed by atoms with E-state index in [1.807, 2.05) is 24.3 Å². The second-order valence-corrected chi connectivity index (χ2v) is 6.86. The van der Waals surface area contributed by atoms with Crippen molar-refractivity contribution < 1.29 is 14.3 Å². The SMILES string of the molecule is CCN(Cc1ccccc1)c1ccc(/C=C/C(=O)c2ccc(OC)c(OC)c2)cc1. The first kappa shape index (κ1) is 21.2. The van der Waals surface area contributed by atoms with Crippen molar-refractivity contribution in [1.82, 2.24) is 0 Å². The van der Waals surface area contributed by atoms with E-state index in [4.69, 9.17) is 9.47 Å². The van der Waals surface area contributed by atoms with Gasteiger partial charge in [0, 0.05) is 24.3 Å². The number of anilines is 1. The highest BCUT2D eigenvalue weighted by atomic mass is 16.5. The molecule has 0 aliphatic heterocycles. The molecule has 154 valence electrons. The summed E-state index contributed by atoms with van der Waals surface area (Å²) in [6.07, 6.45) is 3.41. The lowest BCUT2D eigenvalue weighted by Gasteiger charge is -2.23. The summed E-state index contributed by atoms with van der Waals surface area (Å²) in [5, 5.41) is 0. The van der Waals surface area contributed by atoms with Crippen LogP contribution in [0.1, 0.15) is 28.4 Å². The third-order valence-electron chi connectivity index (χ3n) is 4.95. The minimum atomic E-state index is -0.0840. The highest BCUT2D eigenvalue weighted by Gasteiger charge is 2.09. The number of rotatable bonds is 9. The Morgan fingerprint density at radius 3 is 2.23 bits per heavy atom. The van der Waals surface area contributed by atoms with Crippen LogP contribution in [0.2, 0.25) is 0 Å². The smallest absolute Gasteiger partial charge is 0.185 e. The van der Waals surface area contributed by atoms with Crippen LogP contribution < -0.4 is 14.4 Å². The fourth-order valence-corrected chi connectivity index (χ4v) is 3.24. The van der Waals surface area contributed by atoms with Crippen LogP contribution in [-0.2, 0) is 6.54 Å². The van der Waals surface area contributed by atoms with Crippen molar-refractivity contribution in [3.8, 4) is 11.5 Å². The highest BCUT2D eigenvalue weighted by Crippen LogP contribution is 2.28. The number of ether oxygens (including phenoxy) is 2. The first-order chi connectivity index (χ1) is 14.6. The van der Waals surface area contributed by atoms with Gasteiger partial charge in [-0.1, -0.05) is 48.5 Å². The molecule has 0 spiro atoms. The van der Waals surface area contributed by atoms with Gasteiger partial charge in [0.2, 0.25) is 0 Å². The van der Waals surface area contributed by atoms with Gasteiger partial charge in [0.1, 0.15) is 0 Å². The van der Waals surface area contributed by atoms with Gasteiger partial charge in [-0.3, -0.25) is 4.79 Å². The van der Waals surface area contributed by atoms with E-state index in [1.165, 1.54) is 5.56 Å². The molecule has 0 unspecified atom stereocenters. The molecule has 0 aromatic heterocycles. The van der Waals surface area contributed by atoms with Crippen LogP contribution in [0.25, 0.3) is 6.08 Å². The third kappa shape index (κ3) is 5.29. The monoisotopic (exact) mass is 401 g/mol. The maximum atomic E-state index is 12.5. The molecule has 0 heterocycles. The molecule has 0 radical (unpaired) electrons. The largest absolute Gasteiger partial charge is 0.493 e. The van der Waals surface area contributed by atoms with E-state index in [1.54, 1.807) is 38.5 Å². The highest BCUT2D eigenvalue weighted by molar-refractivity contribution is 6.07. The molecule has 0 amide bonds. The molecule has 0 saturated carbocycles. The third-order valence-corrected chi connectivity index (χ3v) is 4.95. The van der Waals surface area contributed by atoms with Gasteiger partial charge in [0.15, 0.2) is 17.3 Å². The summed E-state index contributed by atoms with van der Waals surface area (Å²) in [6, 6.07) is 23.8. The first-order valence-electron chi connectivity index (χ1n) is 9.98. The molecule has 30 heavy (non-hydrogen) atoms. The Morgan fingerprint density at radius 1 is 0.900 bits per heavy atom. The molecule has 0 N–H and O–H groups in total. The van der Waals surface area contributed by atoms with Gasteiger partial charge >= 0.3 is 0 Å². The zero-order valence-corrected chi connectivity index (χ0v) is 17.7. The van der Waals surface area contributed by atoms with Crippen LogP contribution in [0.3, 0.4) is 0 Å². The summed E-state index contributed by atoms with van der Waals surface area (Å²) in [6.45, 7) is 3.94. The van der Waals surface area contributed by atoms with Gasteiger partial charge in [-0.25, -0.2) is 0 Å². The lowest BCUT2D eigenvalue weighted by molar-refractivity contribution is 0.104. The van der Waals surface area contributed by atoms with Crippen LogP contribution in [-0.4, -0.2) is 26.5 Å². The maximum absolute atomic E-state index is 12.5. The van der Waals surface area contributed by atoms with E-state index in [9.17, 15) is 4.79 Å². The fourth-order valence-electron chi connectivity index (χ4n) is 3.24. The average Bonchev–Trinajstić information content (AvgIpc) is 2.81. The normalized spacial score (nSPS) is 10.8. The summed E-state index contributed by atoms with van der Waals surface area (Å²) in [4.78, 5) is 14.8. The number of methoxy groups -OCH3 is 2. The molecular formula is C26H27NO3. The van der Waals surface area contributed by atoms with E-state index in [0.29, 0.717) is 17.1 Å². The van der Waals surface area contributed by atoms with Crippen LogP contribution in [0, 0.1) is 0 Å². The molecule has 4 nitrogen and oxygen atoms in total. The molecular weight excluding hydrogens is 374 g/mol. The molecule has 3 aromatic rings. The van der Waals surface area contributed by atoms with Gasteiger partial charge in [-0.15, -0.1) is 0 Å². The number of carbonyl (C=O) groups is 1. The minimum Gasteiger partial charge on any atom is -0.493 e. The van der Waals surface area contributed by atoms with Gasteiger partial charge in [-0.2, -0.15) is 0 Å². The summed E-state index contributed by atoms with van der Waals surface area (Å²) in [7, 11) is 3.13. The predicted molar refractivity (Wildman–Crippen MR) is 123 cm³/mol.